The molecule has 136 valence electrons. The van der Waals surface area contributed by atoms with E-state index >= 15 is 0 Å². The molecular weight excluding hydrogens is 322 g/mol. The van der Waals surface area contributed by atoms with E-state index in [0.717, 1.165) is 31.0 Å². The SMILES string of the molecule is CN(C)c1nc([C@@]2(C)CCCN(Cc3cccnc3)C2)cn2cccc12. The zero-order valence-electron chi connectivity index (χ0n) is 15.9. The molecule has 5 heteroatoms. The summed E-state index contributed by atoms with van der Waals surface area (Å²) in [5.74, 6) is 1.04. The largest absolute Gasteiger partial charge is 0.361 e. The maximum atomic E-state index is 5.08. The number of nitrogens with zero attached hydrogens (tertiary/aromatic N) is 5. The molecule has 3 aromatic rings. The molecule has 1 fully saturated rings. The van der Waals surface area contributed by atoms with E-state index in [2.05, 4.69) is 70.8 Å². The highest BCUT2D eigenvalue weighted by atomic mass is 15.2. The monoisotopic (exact) mass is 349 g/mol. The molecule has 1 aliphatic rings. The van der Waals surface area contributed by atoms with Crippen molar-refractivity contribution in [2.75, 3.05) is 32.1 Å². The molecule has 0 saturated carbocycles. The van der Waals surface area contributed by atoms with E-state index in [-0.39, 0.29) is 5.41 Å². The smallest absolute Gasteiger partial charge is 0.152 e. The van der Waals surface area contributed by atoms with Crippen LogP contribution in [0.4, 0.5) is 5.82 Å². The van der Waals surface area contributed by atoms with Gasteiger partial charge >= 0.3 is 0 Å². The Bertz CT molecular complexity index is 886. The van der Waals surface area contributed by atoms with Crippen LogP contribution in [-0.2, 0) is 12.0 Å². The topological polar surface area (TPSA) is 36.7 Å². The number of piperidine rings is 1. The summed E-state index contributed by atoms with van der Waals surface area (Å²) in [6.07, 6.45) is 10.5. The maximum absolute atomic E-state index is 5.08. The molecule has 1 atom stereocenters. The summed E-state index contributed by atoms with van der Waals surface area (Å²) in [6.45, 7) is 5.47. The van der Waals surface area contributed by atoms with Crippen LogP contribution in [0.25, 0.3) is 5.52 Å². The first kappa shape index (κ1) is 17.0. The standard InChI is InChI=1S/C21H27N5/c1-21(9-6-11-25(16-21)14-17-7-4-10-22-13-17)19-15-26-12-5-8-18(26)20(23-19)24(2)3/h4-5,7-8,10,12-13,15H,6,9,11,14,16H2,1-3H3/t21-/m0/s1. The van der Waals surface area contributed by atoms with Crippen LogP contribution in [0.1, 0.15) is 31.0 Å². The first-order valence-electron chi connectivity index (χ1n) is 9.32. The van der Waals surface area contributed by atoms with Crippen molar-refractivity contribution in [1.29, 1.82) is 0 Å². The first-order valence-corrected chi connectivity index (χ1v) is 9.32. The summed E-state index contributed by atoms with van der Waals surface area (Å²) >= 11 is 0. The van der Waals surface area contributed by atoms with Gasteiger partial charge in [0.25, 0.3) is 0 Å². The lowest BCUT2D eigenvalue weighted by atomic mass is 9.79. The summed E-state index contributed by atoms with van der Waals surface area (Å²) in [6, 6.07) is 8.40. The van der Waals surface area contributed by atoms with E-state index in [0.29, 0.717) is 0 Å². The summed E-state index contributed by atoms with van der Waals surface area (Å²) in [5, 5.41) is 0. The van der Waals surface area contributed by atoms with Crippen LogP contribution in [0.3, 0.4) is 0 Å². The van der Waals surface area contributed by atoms with Gasteiger partial charge in [-0.05, 0) is 43.1 Å². The summed E-state index contributed by atoms with van der Waals surface area (Å²) in [7, 11) is 4.13. The summed E-state index contributed by atoms with van der Waals surface area (Å²) < 4.78 is 2.21. The van der Waals surface area contributed by atoms with Crippen LogP contribution in [0.15, 0.2) is 49.1 Å². The molecule has 0 spiro atoms. The van der Waals surface area contributed by atoms with Crippen molar-refractivity contribution in [2.24, 2.45) is 0 Å². The highest BCUT2D eigenvalue weighted by Crippen LogP contribution is 2.35. The molecule has 5 nitrogen and oxygen atoms in total. The molecule has 0 amide bonds. The van der Waals surface area contributed by atoms with Gasteiger partial charge in [-0.15, -0.1) is 0 Å². The zero-order chi connectivity index (χ0) is 18.1. The Balaban J connectivity index is 1.64. The van der Waals surface area contributed by atoms with E-state index in [1.54, 1.807) is 0 Å². The molecule has 1 saturated heterocycles. The fourth-order valence-corrected chi connectivity index (χ4v) is 4.09. The van der Waals surface area contributed by atoms with E-state index in [4.69, 9.17) is 4.98 Å². The third kappa shape index (κ3) is 3.19. The van der Waals surface area contributed by atoms with Crippen LogP contribution in [0.5, 0.6) is 0 Å². The van der Waals surface area contributed by atoms with Crippen molar-refractivity contribution in [3.05, 3.63) is 60.3 Å². The van der Waals surface area contributed by atoms with Gasteiger partial charge in [0, 0.05) is 57.4 Å². The lowest BCUT2D eigenvalue weighted by Crippen LogP contribution is -2.44. The molecule has 0 aliphatic carbocycles. The molecule has 0 radical (unpaired) electrons. The van der Waals surface area contributed by atoms with Gasteiger partial charge in [0.2, 0.25) is 0 Å². The minimum Gasteiger partial charge on any atom is -0.361 e. The van der Waals surface area contributed by atoms with Crippen molar-refractivity contribution < 1.29 is 0 Å². The normalized spacial score (nSPS) is 21.2. The predicted octanol–water partition coefficient (Wildman–Crippen LogP) is 3.35. The Morgan fingerprint density at radius 1 is 1.23 bits per heavy atom. The second-order valence-electron chi connectivity index (χ2n) is 7.88. The van der Waals surface area contributed by atoms with Crippen LogP contribution in [0, 0.1) is 0 Å². The quantitative estimate of drug-likeness (QED) is 0.724. The highest BCUT2D eigenvalue weighted by Gasteiger charge is 2.35. The van der Waals surface area contributed by atoms with E-state index in [1.165, 1.54) is 24.1 Å². The van der Waals surface area contributed by atoms with Crippen LogP contribution in [0.2, 0.25) is 0 Å². The third-order valence-electron chi connectivity index (χ3n) is 5.44. The van der Waals surface area contributed by atoms with Crippen molar-refractivity contribution in [1.82, 2.24) is 19.3 Å². The van der Waals surface area contributed by atoms with E-state index in [1.807, 2.05) is 18.5 Å². The van der Waals surface area contributed by atoms with Gasteiger partial charge in [-0.3, -0.25) is 9.88 Å². The predicted molar refractivity (Wildman–Crippen MR) is 106 cm³/mol. The van der Waals surface area contributed by atoms with Gasteiger partial charge in [-0.25, -0.2) is 4.98 Å². The van der Waals surface area contributed by atoms with Gasteiger partial charge < -0.3 is 9.30 Å². The molecule has 26 heavy (non-hydrogen) atoms. The highest BCUT2D eigenvalue weighted by molar-refractivity contribution is 5.69. The summed E-state index contributed by atoms with van der Waals surface area (Å²) in [4.78, 5) is 14.0. The molecule has 0 N–H and O–H groups in total. The van der Waals surface area contributed by atoms with Gasteiger partial charge in [0.05, 0.1) is 11.2 Å². The van der Waals surface area contributed by atoms with Gasteiger partial charge in [-0.2, -0.15) is 0 Å². The Kier molecular flexibility index (Phi) is 4.41. The van der Waals surface area contributed by atoms with E-state index in [9.17, 15) is 0 Å². The molecule has 4 heterocycles. The van der Waals surface area contributed by atoms with E-state index < -0.39 is 0 Å². The first-order chi connectivity index (χ1) is 12.5. The van der Waals surface area contributed by atoms with Crippen molar-refractivity contribution in [2.45, 2.75) is 31.7 Å². The minimum atomic E-state index is 0.0592. The number of likely N-dealkylation sites (tertiary alicyclic amines) is 1. The molecule has 3 aromatic heterocycles. The number of fused-ring (bicyclic) bond motifs is 1. The van der Waals surface area contributed by atoms with Crippen molar-refractivity contribution in [3.63, 3.8) is 0 Å². The fourth-order valence-electron chi connectivity index (χ4n) is 4.09. The Morgan fingerprint density at radius 3 is 2.88 bits per heavy atom. The zero-order valence-corrected chi connectivity index (χ0v) is 15.9. The minimum absolute atomic E-state index is 0.0592. The van der Waals surface area contributed by atoms with Crippen molar-refractivity contribution in [3.8, 4) is 0 Å². The molecule has 4 rings (SSSR count). The Hall–Kier alpha value is -2.40. The molecule has 0 bridgehead atoms. The van der Waals surface area contributed by atoms with Crippen molar-refractivity contribution >= 4 is 11.3 Å². The second-order valence-corrected chi connectivity index (χ2v) is 7.88. The Morgan fingerprint density at radius 2 is 2.12 bits per heavy atom. The molecular formula is C21H27N5. The van der Waals surface area contributed by atoms with Gasteiger partial charge in [-0.1, -0.05) is 13.0 Å². The van der Waals surface area contributed by atoms with Crippen LogP contribution < -0.4 is 4.90 Å². The number of hydrogen-bond donors (Lipinski definition) is 0. The summed E-state index contributed by atoms with van der Waals surface area (Å²) in [5.41, 5.74) is 3.68. The fraction of sp³-hybridized carbons (Fsp3) is 0.429. The van der Waals surface area contributed by atoms with Crippen LogP contribution in [-0.4, -0.2) is 46.5 Å². The number of aromatic nitrogens is 3. The molecule has 0 aromatic carbocycles. The lowest BCUT2D eigenvalue weighted by Gasteiger charge is -2.40. The van der Waals surface area contributed by atoms with Crippen LogP contribution >= 0.6 is 0 Å². The molecule has 1 aliphatic heterocycles. The lowest BCUT2D eigenvalue weighted by molar-refractivity contribution is 0.147. The number of rotatable bonds is 4. The average molecular weight is 349 g/mol. The number of hydrogen-bond acceptors (Lipinski definition) is 4. The molecule has 0 unspecified atom stereocenters. The Labute approximate surface area is 155 Å². The second kappa shape index (κ2) is 6.72. The maximum Gasteiger partial charge on any atom is 0.152 e. The van der Waals surface area contributed by atoms with Gasteiger partial charge in [0.1, 0.15) is 0 Å². The average Bonchev–Trinajstić information content (AvgIpc) is 3.10. The number of pyridine rings is 1. The van der Waals surface area contributed by atoms with Gasteiger partial charge in [0.15, 0.2) is 5.82 Å². The third-order valence-corrected chi connectivity index (χ3v) is 5.44. The number of anilines is 1.